The molecule has 2 aromatic rings. The van der Waals surface area contributed by atoms with Gasteiger partial charge in [0.15, 0.2) is 0 Å². The van der Waals surface area contributed by atoms with Gasteiger partial charge in [-0.3, -0.25) is 9.80 Å². The van der Waals surface area contributed by atoms with Gasteiger partial charge in [-0.25, -0.2) is 9.18 Å². The Labute approximate surface area is 176 Å². The Hall–Kier alpha value is -2.65. The molecular weight excluding hydrogens is 416 g/mol. The summed E-state index contributed by atoms with van der Waals surface area (Å²) in [6.07, 6.45) is -4.77. The summed E-state index contributed by atoms with van der Waals surface area (Å²) in [5.74, 6) is -0.363. The molecule has 2 aromatic carbocycles. The third-order valence-corrected chi connectivity index (χ3v) is 5.89. The standard InChI is InChI=1S/C22H22F4N2O3/c23-17-6-4-15(5-7-17)21(30)8-10-27(11-9-21)13-19-14-28(20(29)31-19)18-3-1-2-16(12-18)22(24,25)26/h1-7,12,19,30H,8-11,13-14H2. The first-order valence-corrected chi connectivity index (χ1v) is 10.0. The van der Waals surface area contributed by atoms with Crippen LogP contribution in [0.25, 0.3) is 0 Å². The highest BCUT2D eigenvalue weighted by Crippen LogP contribution is 2.34. The van der Waals surface area contributed by atoms with E-state index in [1.54, 1.807) is 12.1 Å². The lowest BCUT2D eigenvalue weighted by Gasteiger charge is -2.39. The summed E-state index contributed by atoms with van der Waals surface area (Å²) in [6, 6.07) is 10.4. The molecule has 1 N–H and O–H groups in total. The molecular formula is C22H22F4N2O3. The van der Waals surface area contributed by atoms with Gasteiger partial charge in [0.05, 0.1) is 17.7 Å². The number of aliphatic hydroxyl groups is 1. The van der Waals surface area contributed by atoms with E-state index in [-0.39, 0.29) is 18.0 Å². The van der Waals surface area contributed by atoms with Crippen molar-refractivity contribution in [1.82, 2.24) is 4.90 Å². The zero-order chi connectivity index (χ0) is 22.2. The van der Waals surface area contributed by atoms with Crippen LogP contribution >= 0.6 is 0 Å². The topological polar surface area (TPSA) is 53.0 Å². The van der Waals surface area contributed by atoms with Gasteiger partial charge >= 0.3 is 12.3 Å². The van der Waals surface area contributed by atoms with Crippen LogP contribution in [-0.2, 0) is 16.5 Å². The first-order chi connectivity index (χ1) is 14.6. The van der Waals surface area contributed by atoms with Crippen molar-refractivity contribution in [3.05, 3.63) is 65.5 Å². The number of nitrogens with zero attached hydrogens (tertiary/aromatic N) is 2. The Morgan fingerprint density at radius 2 is 1.77 bits per heavy atom. The lowest BCUT2D eigenvalue weighted by atomic mass is 9.84. The molecule has 2 aliphatic heterocycles. The fraction of sp³-hybridized carbons (Fsp3) is 0.409. The number of halogens is 4. The number of cyclic esters (lactones) is 1. The number of hydrogen-bond acceptors (Lipinski definition) is 4. The second kappa shape index (κ2) is 8.12. The third-order valence-electron chi connectivity index (χ3n) is 5.89. The maximum atomic E-state index is 13.1. The second-order valence-electron chi connectivity index (χ2n) is 8.00. The molecule has 0 aromatic heterocycles. The van der Waals surface area contributed by atoms with Crippen LogP contribution in [0.2, 0.25) is 0 Å². The zero-order valence-electron chi connectivity index (χ0n) is 16.6. The number of piperidine rings is 1. The monoisotopic (exact) mass is 438 g/mol. The molecule has 0 spiro atoms. The van der Waals surface area contributed by atoms with Gasteiger partial charge in [0, 0.05) is 25.3 Å². The summed E-state index contributed by atoms with van der Waals surface area (Å²) < 4.78 is 57.4. The van der Waals surface area contributed by atoms with E-state index >= 15 is 0 Å². The highest BCUT2D eigenvalue weighted by Gasteiger charge is 2.38. The maximum absolute atomic E-state index is 13.1. The van der Waals surface area contributed by atoms with Crippen molar-refractivity contribution >= 4 is 11.8 Å². The largest absolute Gasteiger partial charge is 0.443 e. The summed E-state index contributed by atoms with van der Waals surface area (Å²) in [4.78, 5) is 15.5. The van der Waals surface area contributed by atoms with Crippen LogP contribution in [0, 0.1) is 5.82 Å². The lowest BCUT2D eigenvalue weighted by Crippen LogP contribution is -2.45. The molecule has 0 aliphatic carbocycles. The summed E-state index contributed by atoms with van der Waals surface area (Å²) in [6.45, 7) is 1.66. The van der Waals surface area contributed by atoms with Crippen molar-refractivity contribution in [3.8, 4) is 0 Å². The molecule has 0 radical (unpaired) electrons. The van der Waals surface area contributed by atoms with Crippen LogP contribution in [0.4, 0.5) is 28.0 Å². The van der Waals surface area contributed by atoms with Crippen LogP contribution in [0.3, 0.4) is 0 Å². The van der Waals surface area contributed by atoms with E-state index in [4.69, 9.17) is 4.74 Å². The van der Waals surface area contributed by atoms with Gasteiger partial charge in [-0.1, -0.05) is 18.2 Å². The quantitative estimate of drug-likeness (QED) is 0.729. The minimum atomic E-state index is -4.49. The second-order valence-corrected chi connectivity index (χ2v) is 8.00. The van der Waals surface area contributed by atoms with Gasteiger partial charge < -0.3 is 9.84 Å². The van der Waals surface area contributed by atoms with Crippen LogP contribution in [0.1, 0.15) is 24.0 Å². The molecule has 5 nitrogen and oxygen atoms in total. The van der Waals surface area contributed by atoms with Gasteiger partial charge in [-0.05, 0) is 48.7 Å². The predicted molar refractivity (Wildman–Crippen MR) is 105 cm³/mol. The molecule has 1 unspecified atom stereocenters. The van der Waals surface area contributed by atoms with Gasteiger partial charge in [0.25, 0.3) is 0 Å². The molecule has 2 heterocycles. The summed E-state index contributed by atoms with van der Waals surface area (Å²) in [5, 5.41) is 10.9. The van der Waals surface area contributed by atoms with Crippen LogP contribution < -0.4 is 4.90 Å². The average Bonchev–Trinajstić information content (AvgIpc) is 3.10. The van der Waals surface area contributed by atoms with E-state index in [2.05, 4.69) is 0 Å². The predicted octanol–water partition coefficient (Wildman–Crippen LogP) is 4.15. The number of rotatable bonds is 4. The molecule has 1 atom stereocenters. The van der Waals surface area contributed by atoms with E-state index in [0.29, 0.717) is 38.0 Å². The number of benzene rings is 2. The van der Waals surface area contributed by atoms with Crippen LogP contribution in [0.5, 0.6) is 0 Å². The zero-order valence-corrected chi connectivity index (χ0v) is 16.6. The summed E-state index contributed by atoms with van der Waals surface area (Å²) in [5.41, 5.74) is -1.05. The number of likely N-dealkylation sites (tertiary alicyclic amines) is 1. The Bertz CT molecular complexity index is 941. The normalized spacial score (nSPS) is 21.9. The van der Waals surface area contributed by atoms with Crippen LogP contribution in [-0.4, -0.2) is 48.4 Å². The minimum Gasteiger partial charge on any atom is -0.443 e. The number of anilines is 1. The summed E-state index contributed by atoms with van der Waals surface area (Å²) >= 11 is 0. The van der Waals surface area contributed by atoms with Gasteiger partial charge in [0.2, 0.25) is 0 Å². The molecule has 0 bridgehead atoms. The van der Waals surface area contributed by atoms with Crippen molar-refractivity contribution in [2.24, 2.45) is 0 Å². The van der Waals surface area contributed by atoms with E-state index in [1.807, 2.05) is 4.90 Å². The Kier molecular flexibility index (Phi) is 5.65. The molecule has 4 rings (SSSR count). The molecule has 2 fully saturated rings. The number of carbonyl (C=O) groups is 1. The number of hydrogen-bond donors (Lipinski definition) is 1. The molecule has 9 heteroatoms. The molecule has 0 saturated carbocycles. The highest BCUT2D eigenvalue weighted by atomic mass is 19.4. The molecule has 166 valence electrons. The molecule has 31 heavy (non-hydrogen) atoms. The first-order valence-electron chi connectivity index (χ1n) is 10.0. The number of amides is 1. The molecule has 2 aliphatic rings. The van der Waals surface area contributed by atoms with Gasteiger partial charge in [-0.15, -0.1) is 0 Å². The maximum Gasteiger partial charge on any atom is 0.416 e. The van der Waals surface area contributed by atoms with Crippen LogP contribution in [0.15, 0.2) is 48.5 Å². The van der Waals surface area contributed by atoms with Gasteiger partial charge in [0.1, 0.15) is 11.9 Å². The fourth-order valence-corrected chi connectivity index (χ4v) is 4.12. The Balaban J connectivity index is 1.35. The van der Waals surface area contributed by atoms with Crippen molar-refractivity contribution < 1.29 is 32.2 Å². The van der Waals surface area contributed by atoms with Crippen molar-refractivity contribution in [1.29, 1.82) is 0 Å². The fourth-order valence-electron chi connectivity index (χ4n) is 4.12. The number of ether oxygens (including phenoxy) is 1. The molecule has 2 saturated heterocycles. The highest BCUT2D eigenvalue weighted by molar-refractivity contribution is 5.89. The summed E-state index contributed by atoms with van der Waals surface area (Å²) in [7, 11) is 0. The first kappa shape index (κ1) is 21.6. The third kappa shape index (κ3) is 4.67. The van der Waals surface area contributed by atoms with Gasteiger partial charge in [-0.2, -0.15) is 13.2 Å². The van der Waals surface area contributed by atoms with E-state index in [0.717, 1.165) is 12.1 Å². The lowest BCUT2D eigenvalue weighted by molar-refractivity contribution is -0.137. The number of alkyl halides is 3. The SMILES string of the molecule is O=C1OC(CN2CCC(O)(c3ccc(F)cc3)CC2)CN1c1cccc(C(F)(F)F)c1. The minimum absolute atomic E-state index is 0.145. The average molecular weight is 438 g/mol. The number of carbonyl (C=O) groups excluding carboxylic acids is 1. The van der Waals surface area contributed by atoms with Crippen molar-refractivity contribution in [2.75, 3.05) is 31.1 Å². The van der Waals surface area contributed by atoms with Crippen molar-refractivity contribution in [2.45, 2.75) is 30.7 Å². The Morgan fingerprint density at radius 3 is 2.42 bits per heavy atom. The van der Waals surface area contributed by atoms with E-state index in [1.165, 1.54) is 29.2 Å². The van der Waals surface area contributed by atoms with E-state index < -0.39 is 29.5 Å². The Morgan fingerprint density at radius 1 is 1.10 bits per heavy atom. The van der Waals surface area contributed by atoms with Crippen molar-refractivity contribution in [3.63, 3.8) is 0 Å². The smallest absolute Gasteiger partial charge is 0.416 e. The van der Waals surface area contributed by atoms with E-state index in [9.17, 15) is 27.5 Å². The molecule has 1 amide bonds.